The molecule has 0 aliphatic heterocycles. The van der Waals surface area contributed by atoms with Crippen molar-refractivity contribution in [2.75, 3.05) is 5.75 Å². The Balaban J connectivity index is 2.21. The molecule has 1 atom stereocenters. The van der Waals surface area contributed by atoms with Gasteiger partial charge in [0.1, 0.15) is 0 Å². The number of hydrogen-bond donors (Lipinski definition) is 1. The minimum atomic E-state index is -3.38. The maximum atomic E-state index is 12.5. The number of hydrogen-bond acceptors (Lipinski definition) is 3. The molecule has 21 heavy (non-hydrogen) atoms. The fourth-order valence-corrected chi connectivity index (χ4v) is 4.02. The summed E-state index contributed by atoms with van der Waals surface area (Å²) in [6, 6.07) is 14.3. The molecule has 0 spiro atoms. The summed E-state index contributed by atoms with van der Waals surface area (Å²) >= 11 is 0. The Hall–Kier alpha value is -1.65. The molecule has 0 heterocycles. The van der Waals surface area contributed by atoms with Gasteiger partial charge in [0, 0.05) is 6.04 Å². The molecule has 0 radical (unpaired) electrons. The van der Waals surface area contributed by atoms with Gasteiger partial charge in [-0.25, -0.2) is 8.42 Å². The van der Waals surface area contributed by atoms with Crippen molar-refractivity contribution < 1.29 is 8.42 Å². The largest absolute Gasteiger partial charge is 0.323 e. The molecule has 2 aromatic rings. The summed E-state index contributed by atoms with van der Waals surface area (Å²) in [6.07, 6.45) is 0.955. The first kappa shape index (κ1) is 15.7. The summed E-state index contributed by atoms with van der Waals surface area (Å²) < 4.78 is 25.0. The molecule has 2 rings (SSSR count). The van der Waals surface area contributed by atoms with Crippen LogP contribution in [-0.4, -0.2) is 14.2 Å². The molecule has 112 valence electrons. The van der Waals surface area contributed by atoms with Crippen LogP contribution in [0, 0.1) is 6.92 Å². The second-order valence-electron chi connectivity index (χ2n) is 5.25. The summed E-state index contributed by atoms with van der Waals surface area (Å²) in [5, 5.41) is 0. The molecular weight excluding hydrogens is 282 g/mol. The minimum absolute atomic E-state index is 0.0800. The summed E-state index contributed by atoms with van der Waals surface area (Å²) in [4.78, 5) is 0.366. The van der Waals surface area contributed by atoms with Gasteiger partial charge < -0.3 is 5.73 Å². The molecule has 0 amide bonds. The molecule has 4 heteroatoms. The lowest BCUT2D eigenvalue weighted by molar-refractivity contribution is 0.588. The second-order valence-corrected chi connectivity index (χ2v) is 7.25. The summed E-state index contributed by atoms with van der Waals surface area (Å²) in [6.45, 7) is 3.88. The summed E-state index contributed by atoms with van der Waals surface area (Å²) in [5.74, 6) is -0.0800. The van der Waals surface area contributed by atoms with E-state index < -0.39 is 15.9 Å². The van der Waals surface area contributed by atoms with Gasteiger partial charge >= 0.3 is 0 Å². The van der Waals surface area contributed by atoms with Crippen LogP contribution in [-0.2, 0) is 16.3 Å². The van der Waals surface area contributed by atoms with E-state index in [0.29, 0.717) is 4.90 Å². The minimum Gasteiger partial charge on any atom is -0.323 e. The van der Waals surface area contributed by atoms with Gasteiger partial charge in [0.25, 0.3) is 0 Å². The molecule has 3 nitrogen and oxygen atoms in total. The van der Waals surface area contributed by atoms with E-state index in [0.717, 1.165) is 17.5 Å². The SMILES string of the molecule is CCc1ccc(C(N)CS(=O)(=O)c2ccccc2C)cc1. The standard InChI is InChI=1S/C17H21NO2S/c1-3-14-8-10-15(11-9-14)16(18)12-21(19,20)17-7-5-4-6-13(17)2/h4-11,16H,3,12,18H2,1-2H3. The van der Waals surface area contributed by atoms with Gasteiger partial charge in [-0.15, -0.1) is 0 Å². The van der Waals surface area contributed by atoms with Crippen molar-refractivity contribution in [2.45, 2.75) is 31.2 Å². The van der Waals surface area contributed by atoms with Gasteiger partial charge in [-0.2, -0.15) is 0 Å². The van der Waals surface area contributed by atoms with Crippen LogP contribution in [0.15, 0.2) is 53.4 Å². The summed E-state index contributed by atoms with van der Waals surface area (Å²) in [7, 11) is -3.38. The molecule has 0 aliphatic rings. The van der Waals surface area contributed by atoms with E-state index in [1.54, 1.807) is 25.1 Å². The molecular formula is C17H21NO2S. The quantitative estimate of drug-likeness (QED) is 0.923. The van der Waals surface area contributed by atoms with Crippen LogP contribution in [0.1, 0.15) is 29.7 Å². The summed E-state index contributed by atoms with van der Waals surface area (Å²) in [5.41, 5.74) is 8.90. The third-order valence-corrected chi connectivity index (χ3v) is 5.57. The molecule has 0 bridgehead atoms. The number of aryl methyl sites for hydroxylation is 2. The van der Waals surface area contributed by atoms with Crippen LogP contribution in [0.25, 0.3) is 0 Å². The number of benzene rings is 2. The zero-order valence-corrected chi connectivity index (χ0v) is 13.2. The van der Waals surface area contributed by atoms with Gasteiger partial charge in [0.2, 0.25) is 0 Å². The van der Waals surface area contributed by atoms with Gasteiger partial charge in [0.15, 0.2) is 9.84 Å². The lowest BCUT2D eigenvalue weighted by Crippen LogP contribution is -2.22. The predicted molar refractivity (Wildman–Crippen MR) is 86.0 cm³/mol. The van der Waals surface area contributed by atoms with Crippen LogP contribution in [0.2, 0.25) is 0 Å². The first-order valence-electron chi connectivity index (χ1n) is 7.07. The first-order valence-corrected chi connectivity index (χ1v) is 8.72. The normalized spacial score (nSPS) is 13.1. The second kappa shape index (κ2) is 6.41. The average Bonchev–Trinajstić information content (AvgIpc) is 2.47. The highest BCUT2D eigenvalue weighted by molar-refractivity contribution is 7.91. The Bertz CT molecular complexity index is 706. The third-order valence-electron chi connectivity index (χ3n) is 3.64. The van der Waals surface area contributed by atoms with E-state index >= 15 is 0 Å². The third kappa shape index (κ3) is 3.71. The average molecular weight is 303 g/mol. The predicted octanol–water partition coefficient (Wildman–Crippen LogP) is 3.03. The van der Waals surface area contributed by atoms with E-state index in [1.165, 1.54) is 5.56 Å². The van der Waals surface area contributed by atoms with Crippen LogP contribution in [0.5, 0.6) is 0 Å². The Morgan fingerprint density at radius 3 is 2.24 bits per heavy atom. The highest BCUT2D eigenvalue weighted by Crippen LogP contribution is 2.21. The van der Waals surface area contributed by atoms with Crippen molar-refractivity contribution in [1.29, 1.82) is 0 Å². The topological polar surface area (TPSA) is 60.2 Å². The lowest BCUT2D eigenvalue weighted by atomic mass is 10.1. The van der Waals surface area contributed by atoms with Crippen molar-refractivity contribution in [3.05, 3.63) is 65.2 Å². The molecule has 0 fully saturated rings. The van der Waals surface area contributed by atoms with E-state index in [4.69, 9.17) is 5.73 Å². The van der Waals surface area contributed by atoms with Gasteiger partial charge in [-0.05, 0) is 36.1 Å². The molecule has 2 aromatic carbocycles. The zero-order chi connectivity index (χ0) is 15.5. The molecule has 0 aromatic heterocycles. The Morgan fingerprint density at radius 1 is 1.05 bits per heavy atom. The van der Waals surface area contributed by atoms with Crippen molar-refractivity contribution in [1.82, 2.24) is 0 Å². The zero-order valence-electron chi connectivity index (χ0n) is 12.4. The van der Waals surface area contributed by atoms with Crippen LogP contribution < -0.4 is 5.73 Å². The highest BCUT2D eigenvalue weighted by Gasteiger charge is 2.21. The van der Waals surface area contributed by atoms with Gasteiger partial charge in [-0.1, -0.05) is 49.4 Å². The lowest BCUT2D eigenvalue weighted by Gasteiger charge is -2.14. The fourth-order valence-electron chi connectivity index (χ4n) is 2.33. The van der Waals surface area contributed by atoms with Crippen LogP contribution in [0.4, 0.5) is 0 Å². The van der Waals surface area contributed by atoms with E-state index in [9.17, 15) is 8.42 Å². The van der Waals surface area contributed by atoms with E-state index in [-0.39, 0.29) is 5.75 Å². The Labute approximate surface area is 126 Å². The molecule has 1 unspecified atom stereocenters. The van der Waals surface area contributed by atoms with Gasteiger partial charge in [0.05, 0.1) is 10.6 Å². The Morgan fingerprint density at radius 2 is 1.67 bits per heavy atom. The van der Waals surface area contributed by atoms with Crippen molar-refractivity contribution in [2.24, 2.45) is 5.73 Å². The van der Waals surface area contributed by atoms with Crippen molar-refractivity contribution >= 4 is 9.84 Å². The molecule has 0 saturated heterocycles. The van der Waals surface area contributed by atoms with Crippen molar-refractivity contribution in [3.63, 3.8) is 0 Å². The van der Waals surface area contributed by atoms with Crippen molar-refractivity contribution in [3.8, 4) is 0 Å². The molecule has 0 aliphatic carbocycles. The number of nitrogens with two attached hydrogens (primary N) is 1. The first-order chi connectivity index (χ1) is 9.94. The molecule has 2 N–H and O–H groups in total. The van der Waals surface area contributed by atoms with Crippen LogP contribution >= 0.6 is 0 Å². The highest BCUT2D eigenvalue weighted by atomic mass is 32.2. The van der Waals surface area contributed by atoms with E-state index in [2.05, 4.69) is 6.92 Å². The maximum Gasteiger partial charge on any atom is 0.180 e. The van der Waals surface area contributed by atoms with E-state index in [1.807, 2.05) is 30.3 Å². The van der Waals surface area contributed by atoms with Gasteiger partial charge in [-0.3, -0.25) is 0 Å². The number of rotatable bonds is 5. The number of sulfone groups is 1. The monoisotopic (exact) mass is 303 g/mol. The fraction of sp³-hybridized carbons (Fsp3) is 0.294. The Kier molecular flexibility index (Phi) is 4.80. The maximum absolute atomic E-state index is 12.5. The van der Waals surface area contributed by atoms with Crippen LogP contribution in [0.3, 0.4) is 0 Å². The smallest absolute Gasteiger partial charge is 0.180 e. The molecule has 0 saturated carbocycles.